The van der Waals surface area contributed by atoms with Crippen LogP contribution in [0.3, 0.4) is 0 Å². The first-order chi connectivity index (χ1) is 39.0. The maximum Gasteiger partial charge on any atom is 0.309 e. The fourth-order valence-corrected chi connectivity index (χ4v) is 9.80. The smallest absolute Gasteiger partial charge is 0.309 e. The second kappa shape index (κ2) is 67.1. The third kappa shape index (κ3) is 65.3. The van der Waals surface area contributed by atoms with Gasteiger partial charge < -0.3 is 14.2 Å². The van der Waals surface area contributed by atoms with Crippen molar-refractivity contribution in [2.24, 2.45) is 0 Å². The molecule has 6 nitrogen and oxygen atoms in total. The van der Waals surface area contributed by atoms with Gasteiger partial charge in [-0.1, -0.05) is 311 Å². The average molecular weight is 1100 g/mol. The third-order valence-electron chi connectivity index (χ3n) is 14.9. The van der Waals surface area contributed by atoms with E-state index in [1.165, 1.54) is 231 Å². The van der Waals surface area contributed by atoms with Crippen molar-refractivity contribution in [2.45, 2.75) is 348 Å². The molecule has 79 heavy (non-hydrogen) atoms. The van der Waals surface area contributed by atoms with Crippen LogP contribution in [-0.4, -0.2) is 37.2 Å². The van der Waals surface area contributed by atoms with Crippen LogP contribution < -0.4 is 0 Å². The molecule has 0 aromatic heterocycles. The van der Waals surface area contributed by atoms with E-state index in [2.05, 4.69) is 93.7 Å². The summed E-state index contributed by atoms with van der Waals surface area (Å²) in [5, 5.41) is 0. The minimum atomic E-state index is -0.819. The molecule has 0 fully saturated rings. The fourth-order valence-electron chi connectivity index (χ4n) is 9.80. The molecule has 0 saturated heterocycles. The first kappa shape index (κ1) is 75.6. The molecule has 0 aromatic rings. The van der Waals surface area contributed by atoms with E-state index >= 15 is 0 Å². The highest BCUT2D eigenvalue weighted by Gasteiger charge is 2.19. The summed E-state index contributed by atoms with van der Waals surface area (Å²) >= 11 is 0. The molecule has 1 unspecified atom stereocenters. The minimum absolute atomic E-state index is 0.105. The van der Waals surface area contributed by atoms with Gasteiger partial charge in [0.05, 0.1) is 6.42 Å². The molecule has 0 saturated carbocycles. The van der Waals surface area contributed by atoms with Crippen molar-refractivity contribution in [1.29, 1.82) is 0 Å². The molecule has 0 aliphatic carbocycles. The second-order valence-corrected chi connectivity index (χ2v) is 22.7. The predicted octanol–water partition coefficient (Wildman–Crippen LogP) is 23.4. The van der Waals surface area contributed by atoms with Crippen molar-refractivity contribution in [1.82, 2.24) is 0 Å². The van der Waals surface area contributed by atoms with Gasteiger partial charge in [-0.3, -0.25) is 14.4 Å². The van der Waals surface area contributed by atoms with Gasteiger partial charge in [-0.15, -0.1) is 0 Å². The van der Waals surface area contributed by atoms with Crippen molar-refractivity contribution in [2.75, 3.05) is 13.2 Å². The Hall–Kier alpha value is -3.41. The van der Waals surface area contributed by atoms with Gasteiger partial charge in [-0.25, -0.2) is 0 Å². The van der Waals surface area contributed by atoms with Crippen molar-refractivity contribution in [3.05, 3.63) is 85.1 Å². The number of carbonyl (C=O) groups excluding carboxylic acids is 3. The summed E-state index contributed by atoms with van der Waals surface area (Å²) in [6.45, 7) is 6.48. The number of hydrogen-bond acceptors (Lipinski definition) is 6. The van der Waals surface area contributed by atoms with Gasteiger partial charge in [0.25, 0.3) is 0 Å². The van der Waals surface area contributed by atoms with Crippen LogP contribution in [0.5, 0.6) is 0 Å². The molecule has 0 rings (SSSR count). The van der Waals surface area contributed by atoms with E-state index in [0.717, 1.165) is 70.6 Å². The Balaban J connectivity index is 4.37. The fraction of sp³-hybridized carbons (Fsp3) is 0.767. The molecule has 0 bridgehead atoms. The summed E-state index contributed by atoms with van der Waals surface area (Å²) in [6.07, 6.45) is 89.2. The molecule has 0 radical (unpaired) electrons. The Bertz CT molecular complexity index is 1500. The highest BCUT2D eigenvalue weighted by Crippen LogP contribution is 2.17. The van der Waals surface area contributed by atoms with Gasteiger partial charge in [-0.05, 0) is 96.3 Å². The van der Waals surface area contributed by atoms with Gasteiger partial charge in [0.2, 0.25) is 0 Å². The average Bonchev–Trinajstić information content (AvgIpc) is 3.45. The number of rotatable bonds is 62. The molecule has 456 valence electrons. The van der Waals surface area contributed by atoms with Crippen LogP contribution in [0, 0.1) is 0 Å². The third-order valence-corrected chi connectivity index (χ3v) is 14.9. The van der Waals surface area contributed by atoms with Gasteiger partial charge >= 0.3 is 17.9 Å². The number of allylic oxidation sites excluding steroid dienone is 13. The van der Waals surface area contributed by atoms with E-state index < -0.39 is 12.1 Å². The first-order valence-electron chi connectivity index (χ1n) is 34.1. The van der Waals surface area contributed by atoms with Crippen molar-refractivity contribution in [3.8, 4) is 0 Å². The van der Waals surface area contributed by atoms with E-state index in [9.17, 15) is 14.4 Å². The molecule has 0 spiro atoms. The van der Waals surface area contributed by atoms with Crippen LogP contribution in [0.15, 0.2) is 85.1 Å². The van der Waals surface area contributed by atoms with Gasteiger partial charge in [-0.2, -0.15) is 0 Å². The molecule has 0 N–H and O–H groups in total. The molecule has 0 heterocycles. The van der Waals surface area contributed by atoms with E-state index in [1.807, 2.05) is 6.08 Å². The van der Waals surface area contributed by atoms with Gasteiger partial charge in [0, 0.05) is 12.8 Å². The molecule has 0 amide bonds. The van der Waals surface area contributed by atoms with Crippen LogP contribution >= 0.6 is 0 Å². The minimum Gasteiger partial charge on any atom is -0.462 e. The first-order valence-corrected chi connectivity index (χ1v) is 34.1. The normalized spacial score (nSPS) is 12.6. The molecule has 1 atom stereocenters. The molecule has 0 aliphatic rings. The monoisotopic (exact) mass is 1100 g/mol. The summed E-state index contributed by atoms with van der Waals surface area (Å²) in [7, 11) is 0. The van der Waals surface area contributed by atoms with Gasteiger partial charge in [0.1, 0.15) is 13.2 Å². The van der Waals surface area contributed by atoms with Crippen molar-refractivity contribution < 1.29 is 28.6 Å². The maximum atomic E-state index is 12.9. The Labute approximate surface area is 490 Å². The number of ether oxygens (including phenoxy) is 3. The molecule has 6 heteroatoms. The number of esters is 3. The Morgan fingerprint density at radius 2 is 0.544 bits per heavy atom. The number of carbonyl (C=O) groups is 3. The lowest BCUT2D eigenvalue weighted by atomic mass is 10.0. The van der Waals surface area contributed by atoms with E-state index in [0.29, 0.717) is 12.8 Å². The Kier molecular flexibility index (Phi) is 64.2. The molecular formula is C73H128O6. The van der Waals surface area contributed by atoms with E-state index in [4.69, 9.17) is 14.2 Å². The molecular weight excluding hydrogens is 973 g/mol. The lowest BCUT2D eigenvalue weighted by Crippen LogP contribution is -2.30. The highest BCUT2D eigenvalue weighted by molar-refractivity contribution is 5.72. The highest BCUT2D eigenvalue weighted by atomic mass is 16.6. The summed E-state index contributed by atoms with van der Waals surface area (Å²) in [5.41, 5.74) is 0. The zero-order valence-electron chi connectivity index (χ0n) is 52.4. The van der Waals surface area contributed by atoms with Crippen LogP contribution in [-0.2, 0) is 28.6 Å². The lowest BCUT2D eigenvalue weighted by molar-refractivity contribution is -0.166. The summed E-state index contributed by atoms with van der Waals surface area (Å²) in [4.78, 5) is 38.3. The summed E-state index contributed by atoms with van der Waals surface area (Å²) in [5.74, 6) is -1.03. The number of unbranched alkanes of at least 4 members (excludes halogenated alkanes) is 38. The van der Waals surface area contributed by atoms with Crippen molar-refractivity contribution >= 4 is 17.9 Å². The van der Waals surface area contributed by atoms with Crippen molar-refractivity contribution in [3.63, 3.8) is 0 Å². The number of hydrogen-bond donors (Lipinski definition) is 0. The Morgan fingerprint density at radius 1 is 0.278 bits per heavy atom. The second-order valence-electron chi connectivity index (χ2n) is 22.7. The SMILES string of the molecule is CC/C=C\C/C=C\C/C=C\C/C=C\C/C=C\CC(=O)OCC(COC(=O)CCCCCCCCCCCCC/C=C\CCCCCCCCCC)OC(=O)CCCCCCCCCCCCC/C=C\CCCCCCCCCC. The molecule has 0 aromatic carbocycles. The maximum absolute atomic E-state index is 12.9. The zero-order chi connectivity index (χ0) is 57.1. The quantitative estimate of drug-likeness (QED) is 0.0261. The van der Waals surface area contributed by atoms with E-state index in [-0.39, 0.29) is 31.6 Å². The van der Waals surface area contributed by atoms with Crippen LogP contribution in [0.1, 0.15) is 342 Å². The predicted molar refractivity (Wildman–Crippen MR) is 344 cm³/mol. The van der Waals surface area contributed by atoms with Gasteiger partial charge in [0.15, 0.2) is 6.10 Å². The summed E-state index contributed by atoms with van der Waals surface area (Å²) < 4.78 is 16.9. The molecule has 0 aliphatic heterocycles. The Morgan fingerprint density at radius 3 is 0.873 bits per heavy atom. The topological polar surface area (TPSA) is 78.9 Å². The largest absolute Gasteiger partial charge is 0.462 e. The standard InChI is InChI=1S/C73H128O6/c1-4-7-10-13-16-19-22-25-28-30-32-34-36-38-40-42-45-48-51-54-57-60-63-66-72(75)78-69-70(68-77-71(74)65-62-59-56-53-50-47-44-27-24-21-18-15-12-9-6-3)79-73(76)67-64-61-58-55-52-49-46-43-41-39-37-35-33-31-29-26-23-20-17-14-11-8-5-2/h9,12,18,21,27,30-33,44,50,53,59,62,70H,4-8,10-11,13-17,19-20,22-26,28-29,34-43,45-49,51-52,54-58,60-61,63-69H2,1-3H3/b12-9-,21-18-,32-30-,33-31-,44-27-,53-50-,62-59-. The van der Waals surface area contributed by atoms with Crippen LogP contribution in [0.2, 0.25) is 0 Å². The zero-order valence-corrected chi connectivity index (χ0v) is 52.4. The summed E-state index contributed by atoms with van der Waals surface area (Å²) in [6, 6.07) is 0. The lowest BCUT2D eigenvalue weighted by Gasteiger charge is -2.18. The van der Waals surface area contributed by atoms with Crippen LogP contribution in [0.25, 0.3) is 0 Å². The van der Waals surface area contributed by atoms with E-state index in [1.54, 1.807) is 6.08 Å². The van der Waals surface area contributed by atoms with Crippen LogP contribution in [0.4, 0.5) is 0 Å².